The van der Waals surface area contributed by atoms with Crippen LogP contribution in [0.4, 0.5) is 9.52 Å². The normalized spacial score (nSPS) is 15.3. The van der Waals surface area contributed by atoms with Gasteiger partial charge in [0.1, 0.15) is 5.82 Å². The first-order valence-corrected chi connectivity index (χ1v) is 13.5. The number of benzene rings is 2. The minimum atomic E-state index is -3.57. The molecule has 4 rings (SSSR count). The van der Waals surface area contributed by atoms with Crippen LogP contribution in [0.25, 0.3) is 0 Å². The van der Waals surface area contributed by atoms with Gasteiger partial charge in [0.2, 0.25) is 10.0 Å². The number of anilines is 1. The predicted molar refractivity (Wildman–Crippen MR) is 133 cm³/mol. The molecule has 1 aromatic heterocycles. The SMILES string of the molecule is Cc1cc(C)c(C)c(S(=O)(=O)N2CCN(c3nc(Cc4ccc(F)c(Cl)c4)cs3)CC2)c1C. The Hall–Kier alpha value is -2.00. The second-order valence-corrected chi connectivity index (χ2v) is 11.6. The third kappa shape index (κ3) is 4.80. The number of rotatable bonds is 5. The molecule has 0 unspecified atom stereocenters. The molecule has 1 aliphatic heterocycles. The van der Waals surface area contributed by atoms with E-state index in [1.165, 1.54) is 17.4 Å². The zero-order valence-electron chi connectivity index (χ0n) is 19.2. The number of thiazole rings is 1. The van der Waals surface area contributed by atoms with Gasteiger partial charge in [-0.15, -0.1) is 11.3 Å². The van der Waals surface area contributed by atoms with E-state index < -0.39 is 15.8 Å². The molecule has 2 aromatic carbocycles. The first kappa shape index (κ1) is 24.1. The number of halogens is 2. The highest BCUT2D eigenvalue weighted by molar-refractivity contribution is 7.89. The summed E-state index contributed by atoms with van der Waals surface area (Å²) in [7, 11) is -3.57. The first-order valence-electron chi connectivity index (χ1n) is 10.8. The van der Waals surface area contributed by atoms with Gasteiger partial charge < -0.3 is 4.90 Å². The van der Waals surface area contributed by atoms with Gasteiger partial charge in [-0.2, -0.15) is 4.31 Å². The third-order valence-corrected chi connectivity index (χ3v) is 9.73. The minimum Gasteiger partial charge on any atom is -0.345 e. The number of sulfonamides is 1. The summed E-state index contributed by atoms with van der Waals surface area (Å²) in [6.45, 7) is 9.67. The van der Waals surface area contributed by atoms with Crippen molar-refractivity contribution >= 4 is 38.1 Å². The van der Waals surface area contributed by atoms with Crippen LogP contribution in [0.15, 0.2) is 34.5 Å². The zero-order valence-corrected chi connectivity index (χ0v) is 21.5. The van der Waals surface area contributed by atoms with Crippen molar-refractivity contribution in [3.8, 4) is 0 Å². The van der Waals surface area contributed by atoms with Crippen LogP contribution >= 0.6 is 22.9 Å². The maximum Gasteiger partial charge on any atom is 0.243 e. The summed E-state index contributed by atoms with van der Waals surface area (Å²) in [6.07, 6.45) is 0.566. The lowest BCUT2D eigenvalue weighted by Gasteiger charge is -2.34. The second kappa shape index (κ2) is 9.33. The second-order valence-electron chi connectivity index (χ2n) is 8.53. The van der Waals surface area contributed by atoms with E-state index in [2.05, 4.69) is 4.90 Å². The summed E-state index contributed by atoms with van der Waals surface area (Å²) in [5.41, 5.74) is 5.42. The smallest absolute Gasteiger partial charge is 0.243 e. The van der Waals surface area contributed by atoms with E-state index in [4.69, 9.17) is 16.6 Å². The van der Waals surface area contributed by atoms with Gasteiger partial charge in [-0.3, -0.25) is 0 Å². The molecule has 0 bridgehead atoms. The predicted octanol–water partition coefficient (Wildman–Crippen LogP) is 5.27. The van der Waals surface area contributed by atoms with Crippen molar-refractivity contribution in [2.45, 2.75) is 39.0 Å². The van der Waals surface area contributed by atoms with Crippen molar-refractivity contribution in [1.29, 1.82) is 0 Å². The van der Waals surface area contributed by atoms with Crippen LogP contribution in [0.2, 0.25) is 5.02 Å². The van der Waals surface area contributed by atoms with Crippen molar-refractivity contribution in [1.82, 2.24) is 9.29 Å². The molecule has 0 N–H and O–H groups in total. The van der Waals surface area contributed by atoms with E-state index in [9.17, 15) is 12.8 Å². The maximum absolute atomic E-state index is 13.5. The summed E-state index contributed by atoms with van der Waals surface area (Å²) in [5.74, 6) is -0.432. The molecule has 1 saturated heterocycles. The van der Waals surface area contributed by atoms with Crippen LogP contribution in [0.5, 0.6) is 0 Å². The van der Waals surface area contributed by atoms with E-state index in [0.717, 1.165) is 38.6 Å². The van der Waals surface area contributed by atoms with Crippen LogP contribution in [0, 0.1) is 33.5 Å². The Morgan fingerprint density at radius 3 is 2.27 bits per heavy atom. The molecular formula is C24H27ClFN3O2S2. The Balaban J connectivity index is 1.46. The van der Waals surface area contributed by atoms with Gasteiger partial charge in [-0.1, -0.05) is 23.7 Å². The van der Waals surface area contributed by atoms with E-state index in [1.54, 1.807) is 16.4 Å². The Morgan fingerprint density at radius 1 is 1.03 bits per heavy atom. The average molecular weight is 508 g/mol. The van der Waals surface area contributed by atoms with Crippen molar-refractivity contribution in [3.63, 3.8) is 0 Å². The quantitative estimate of drug-likeness (QED) is 0.472. The molecule has 1 aliphatic rings. The summed E-state index contributed by atoms with van der Waals surface area (Å²) in [5, 5.41) is 2.96. The van der Waals surface area contributed by atoms with E-state index in [0.29, 0.717) is 37.5 Å². The summed E-state index contributed by atoms with van der Waals surface area (Å²) < 4.78 is 42.0. The number of piperazine rings is 1. The van der Waals surface area contributed by atoms with Gasteiger partial charge in [0.05, 0.1) is 15.6 Å². The number of nitrogens with zero attached hydrogens (tertiary/aromatic N) is 3. The van der Waals surface area contributed by atoms with Gasteiger partial charge in [-0.05, 0) is 67.6 Å². The van der Waals surface area contributed by atoms with Gasteiger partial charge in [-0.25, -0.2) is 17.8 Å². The molecule has 0 radical (unpaired) electrons. The maximum atomic E-state index is 13.5. The van der Waals surface area contributed by atoms with Crippen LogP contribution in [-0.2, 0) is 16.4 Å². The molecule has 0 atom stereocenters. The van der Waals surface area contributed by atoms with Gasteiger partial charge >= 0.3 is 0 Å². The Morgan fingerprint density at radius 2 is 1.67 bits per heavy atom. The number of aromatic nitrogens is 1. The molecule has 176 valence electrons. The molecule has 33 heavy (non-hydrogen) atoms. The molecule has 9 heteroatoms. The lowest BCUT2D eigenvalue weighted by atomic mass is 10.0. The molecule has 0 saturated carbocycles. The molecule has 0 aliphatic carbocycles. The molecular weight excluding hydrogens is 481 g/mol. The number of hydrogen-bond donors (Lipinski definition) is 0. The average Bonchev–Trinajstić information content (AvgIpc) is 3.23. The van der Waals surface area contributed by atoms with E-state index in [1.807, 2.05) is 39.1 Å². The fraction of sp³-hybridized carbons (Fsp3) is 0.375. The minimum absolute atomic E-state index is 0.106. The van der Waals surface area contributed by atoms with Crippen LogP contribution in [-0.4, -0.2) is 43.9 Å². The van der Waals surface area contributed by atoms with Crippen molar-refractivity contribution in [2.24, 2.45) is 0 Å². The molecule has 2 heterocycles. The standard InChI is InChI=1S/C24H27ClFN3O2S2/c1-15-11-16(2)18(4)23(17(15)3)33(30,31)29-9-7-28(8-10-29)24-27-20(14-32-24)12-19-5-6-22(26)21(25)13-19/h5-6,11,13-14H,7-10,12H2,1-4H3. The fourth-order valence-corrected chi connectivity index (χ4v) is 7.28. The molecule has 0 spiro atoms. The summed E-state index contributed by atoms with van der Waals surface area (Å²) >= 11 is 7.42. The Bertz CT molecular complexity index is 1270. The largest absolute Gasteiger partial charge is 0.345 e. The van der Waals surface area contributed by atoms with Gasteiger partial charge in [0.25, 0.3) is 0 Å². The zero-order chi connectivity index (χ0) is 23.9. The van der Waals surface area contributed by atoms with E-state index >= 15 is 0 Å². The van der Waals surface area contributed by atoms with Crippen LogP contribution in [0.3, 0.4) is 0 Å². The fourth-order valence-electron chi connectivity index (χ4n) is 4.20. The molecule has 3 aromatic rings. The summed E-state index contributed by atoms with van der Waals surface area (Å²) in [4.78, 5) is 7.29. The Kier molecular flexibility index (Phi) is 6.82. The van der Waals surface area contributed by atoms with Gasteiger partial charge in [0, 0.05) is 38.0 Å². The highest BCUT2D eigenvalue weighted by Crippen LogP contribution is 2.30. The van der Waals surface area contributed by atoms with Crippen LogP contribution < -0.4 is 4.90 Å². The van der Waals surface area contributed by atoms with Crippen LogP contribution in [0.1, 0.15) is 33.5 Å². The van der Waals surface area contributed by atoms with Gasteiger partial charge in [0.15, 0.2) is 5.13 Å². The monoisotopic (exact) mass is 507 g/mol. The highest BCUT2D eigenvalue weighted by atomic mass is 35.5. The van der Waals surface area contributed by atoms with Crippen molar-refractivity contribution < 1.29 is 12.8 Å². The number of aryl methyl sites for hydroxylation is 2. The van der Waals surface area contributed by atoms with Crippen molar-refractivity contribution in [2.75, 3.05) is 31.1 Å². The first-order chi connectivity index (χ1) is 15.6. The molecule has 5 nitrogen and oxygen atoms in total. The molecule has 0 amide bonds. The topological polar surface area (TPSA) is 53.5 Å². The lowest BCUT2D eigenvalue weighted by Crippen LogP contribution is -2.49. The van der Waals surface area contributed by atoms with E-state index in [-0.39, 0.29) is 5.02 Å². The highest BCUT2D eigenvalue weighted by Gasteiger charge is 2.32. The molecule has 1 fully saturated rings. The lowest BCUT2D eigenvalue weighted by molar-refractivity contribution is 0.384. The number of hydrogen-bond acceptors (Lipinski definition) is 5. The van der Waals surface area contributed by atoms with Crippen molar-refractivity contribution in [3.05, 3.63) is 74.0 Å². The summed E-state index contributed by atoms with van der Waals surface area (Å²) in [6, 6.07) is 6.74. The Labute approximate surface area is 203 Å². The third-order valence-electron chi connectivity index (χ3n) is 6.31.